The van der Waals surface area contributed by atoms with E-state index < -0.39 is 63.6 Å². The van der Waals surface area contributed by atoms with Gasteiger partial charge in [0.15, 0.2) is 0 Å². The predicted molar refractivity (Wildman–Crippen MR) is 225 cm³/mol. The summed E-state index contributed by atoms with van der Waals surface area (Å²) in [6.07, 6.45) is 5.77. The summed E-state index contributed by atoms with van der Waals surface area (Å²) in [5.74, 6) is -1.73. The summed E-state index contributed by atoms with van der Waals surface area (Å²) in [6, 6.07) is 16.0. The van der Waals surface area contributed by atoms with Gasteiger partial charge in [0.2, 0.25) is 17.7 Å². The van der Waals surface area contributed by atoms with Crippen molar-refractivity contribution in [1.29, 1.82) is 0 Å². The van der Waals surface area contributed by atoms with Crippen molar-refractivity contribution in [3.8, 4) is 22.8 Å². The van der Waals surface area contributed by atoms with Crippen molar-refractivity contribution >= 4 is 45.8 Å². The smallest absolute Gasteiger partial charge is 0.264 e. The number of methoxy groups -OCH3 is 1. The number of benzene rings is 2. The Balaban J connectivity index is 1.23. The fourth-order valence-electron chi connectivity index (χ4n) is 8.92. The van der Waals surface area contributed by atoms with E-state index in [4.69, 9.17) is 14.5 Å². The third kappa shape index (κ3) is 8.48. The number of carbonyl (C=O) groups is 4. The molecule has 1 aromatic heterocycles. The number of pyridine rings is 1. The van der Waals surface area contributed by atoms with E-state index in [1.54, 1.807) is 13.2 Å². The van der Waals surface area contributed by atoms with Gasteiger partial charge in [-0.15, -0.1) is 6.58 Å². The molecule has 0 spiro atoms. The first-order chi connectivity index (χ1) is 28.1. The summed E-state index contributed by atoms with van der Waals surface area (Å²) < 4.78 is 36.5. The van der Waals surface area contributed by atoms with Crippen LogP contribution in [0.4, 0.5) is 0 Å². The maximum absolute atomic E-state index is 15.0. The molecular weight excluding hydrogens is 771 g/mol. The Morgan fingerprint density at radius 1 is 1.08 bits per heavy atom. The average Bonchev–Trinajstić information content (AvgIpc) is 4.13. The molecule has 3 heterocycles. The second kappa shape index (κ2) is 16.7. The fraction of sp³-hybridized carbons (Fsp3) is 0.533. The van der Waals surface area contributed by atoms with Crippen LogP contribution >= 0.6 is 0 Å². The first-order valence-corrected chi connectivity index (χ1v) is 21.9. The van der Waals surface area contributed by atoms with Crippen LogP contribution in [0.1, 0.15) is 85.5 Å². The summed E-state index contributed by atoms with van der Waals surface area (Å²) in [5, 5.41) is 3.70. The lowest BCUT2D eigenvalue weighted by Gasteiger charge is -2.37. The molecule has 13 nitrogen and oxygen atoms in total. The second-order valence-electron chi connectivity index (χ2n) is 17.7. The van der Waals surface area contributed by atoms with Crippen molar-refractivity contribution in [2.75, 3.05) is 26.7 Å². The Hall–Kier alpha value is -4.82. The molecule has 316 valence electrons. The molecule has 59 heavy (non-hydrogen) atoms. The molecule has 4 aliphatic rings. The Morgan fingerprint density at radius 3 is 2.39 bits per heavy atom. The third-order valence-electron chi connectivity index (χ3n) is 12.9. The molecule has 0 radical (unpaired) electrons. The van der Waals surface area contributed by atoms with E-state index in [0.717, 1.165) is 29.1 Å². The lowest BCUT2D eigenvalue weighted by molar-refractivity contribution is -0.149. The van der Waals surface area contributed by atoms with Crippen LogP contribution in [0.3, 0.4) is 0 Å². The number of hydrogen-bond acceptors (Lipinski definition) is 8. The number of nitrogens with one attached hydrogen (secondary N) is 1. The minimum atomic E-state index is -2.61. The van der Waals surface area contributed by atoms with Gasteiger partial charge in [0, 0.05) is 54.9 Å². The van der Waals surface area contributed by atoms with Crippen molar-refractivity contribution in [1.82, 2.24) is 24.4 Å². The van der Waals surface area contributed by atoms with Crippen LogP contribution in [-0.4, -0.2) is 101 Å². The van der Waals surface area contributed by atoms with E-state index in [2.05, 4.69) is 11.9 Å². The number of carbonyl (C=O) groups excluding carboxylic acids is 4. The van der Waals surface area contributed by atoms with Crippen molar-refractivity contribution in [2.45, 2.75) is 109 Å². The molecule has 2 saturated carbocycles. The zero-order valence-electron chi connectivity index (χ0n) is 34.8. The van der Waals surface area contributed by atoms with Gasteiger partial charge >= 0.3 is 0 Å². The second-order valence-corrected chi connectivity index (χ2v) is 18.5. The lowest BCUT2D eigenvalue weighted by atomic mass is 9.77. The fourth-order valence-corrected chi connectivity index (χ4v) is 9.87. The highest BCUT2D eigenvalue weighted by molar-refractivity contribution is 7.77. The molecule has 2 N–H and O–H groups in total. The van der Waals surface area contributed by atoms with Crippen LogP contribution < -0.4 is 14.8 Å². The summed E-state index contributed by atoms with van der Waals surface area (Å²) in [4.78, 5) is 66.1. The Morgan fingerprint density at radius 2 is 1.80 bits per heavy atom. The van der Waals surface area contributed by atoms with E-state index in [1.807, 2.05) is 87.2 Å². The summed E-state index contributed by atoms with van der Waals surface area (Å²) in [7, 11) is 1.59. The molecule has 4 fully saturated rings. The van der Waals surface area contributed by atoms with E-state index in [9.17, 15) is 27.9 Å². The van der Waals surface area contributed by atoms with E-state index in [-0.39, 0.29) is 37.6 Å². The van der Waals surface area contributed by atoms with Crippen molar-refractivity contribution < 1.29 is 37.4 Å². The number of likely N-dealkylation sites (tertiary alicyclic amines) is 2. The van der Waals surface area contributed by atoms with Crippen molar-refractivity contribution in [2.24, 2.45) is 17.3 Å². The maximum Gasteiger partial charge on any atom is 0.264 e. The number of hydrogen-bond donors (Lipinski definition) is 2. The lowest BCUT2D eigenvalue weighted by Crippen LogP contribution is -2.59. The predicted octanol–water partition coefficient (Wildman–Crippen LogP) is 6.29. The highest BCUT2D eigenvalue weighted by atomic mass is 32.2. The van der Waals surface area contributed by atoms with Crippen LogP contribution in [0.25, 0.3) is 22.2 Å². The molecule has 3 aromatic rings. The van der Waals surface area contributed by atoms with Crippen LogP contribution in [0.5, 0.6) is 11.5 Å². The zero-order chi connectivity index (χ0) is 42.3. The van der Waals surface area contributed by atoms with Crippen LogP contribution in [0.2, 0.25) is 0 Å². The molecule has 2 aliphatic carbocycles. The molecule has 2 aromatic carbocycles. The van der Waals surface area contributed by atoms with Gasteiger partial charge < -0.3 is 24.6 Å². The highest BCUT2D eigenvalue weighted by Crippen LogP contribution is 2.52. The molecule has 7 rings (SSSR count). The largest absolute Gasteiger partial charge is 0.497 e. The minimum absolute atomic E-state index is 0.00665. The van der Waals surface area contributed by atoms with Crippen LogP contribution in [-0.2, 0) is 30.4 Å². The number of ether oxygens (including phenoxy) is 2. The van der Waals surface area contributed by atoms with Gasteiger partial charge in [-0.25, -0.2) is 13.5 Å². The molecular formula is C45H57N5O8S. The average molecular weight is 828 g/mol. The van der Waals surface area contributed by atoms with E-state index in [0.29, 0.717) is 60.4 Å². The van der Waals surface area contributed by atoms with Gasteiger partial charge in [-0.05, 0) is 62.5 Å². The van der Waals surface area contributed by atoms with Crippen molar-refractivity contribution in [3.05, 3.63) is 67.3 Å². The number of rotatable bonds is 14. The molecule has 1 unspecified atom stereocenters. The van der Waals surface area contributed by atoms with Gasteiger partial charge in [0.25, 0.3) is 17.2 Å². The number of piperidine rings is 1. The quantitative estimate of drug-likeness (QED) is 0.141. The minimum Gasteiger partial charge on any atom is -0.497 e. The Bertz CT molecular complexity index is 2130. The standard InChI is InChI=1S/C45H57N5O8S/c1-7-30-27-45(30,42(54)50(59(55)56)44(8-2)19-20-44)47-40(52)37-24-32(28-49(37)41(53)34(43(3,4)5)25-39(51)48-21-13-10-14-22-48)58-38-26-35(29-15-11-9-12-16-29)46-36-23-31(57-6)17-18-33(36)38/h7,9,11-12,15-18,23,26,30,32,34,37H,1,8,10,13-14,19-22,24-25,27-28H2,2-6H3,(H,47,52)(H,55,56)/t30-,32-,34-,37+,45-/m1/s1. The van der Waals surface area contributed by atoms with Crippen LogP contribution in [0, 0.1) is 17.3 Å². The molecule has 2 saturated heterocycles. The maximum atomic E-state index is 15.0. The summed E-state index contributed by atoms with van der Waals surface area (Å²) in [6.45, 7) is 12.9. The third-order valence-corrected chi connectivity index (χ3v) is 13.8. The summed E-state index contributed by atoms with van der Waals surface area (Å²) in [5.41, 5.74) is -0.705. The topological polar surface area (TPSA) is 159 Å². The number of nitrogens with zero attached hydrogens (tertiary/aromatic N) is 4. The highest BCUT2D eigenvalue weighted by Gasteiger charge is 2.66. The monoisotopic (exact) mass is 827 g/mol. The normalized spacial score (nSPS) is 24.5. The molecule has 0 bridgehead atoms. The van der Waals surface area contributed by atoms with Gasteiger partial charge in [0.05, 0.1) is 36.3 Å². The van der Waals surface area contributed by atoms with Crippen molar-refractivity contribution in [3.63, 3.8) is 0 Å². The molecule has 14 heteroatoms. The number of amides is 4. The summed E-state index contributed by atoms with van der Waals surface area (Å²) >= 11 is -2.61. The molecule has 6 atom stereocenters. The van der Waals surface area contributed by atoms with Gasteiger partial charge in [0.1, 0.15) is 29.2 Å². The van der Waals surface area contributed by atoms with Gasteiger partial charge in [-0.3, -0.25) is 23.7 Å². The Kier molecular flexibility index (Phi) is 12.0. The van der Waals surface area contributed by atoms with Gasteiger partial charge in [-0.2, -0.15) is 0 Å². The SMILES string of the molecule is C=C[C@@H]1C[C@]1(NC(=O)[C@@H]1C[C@@H](Oc2cc(-c3ccccc3)nc3cc(OC)ccc23)CN1C(=O)[C@@H](CC(=O)N1CCCCC1)C(C)(C)C)C(=O)N(S(=O)O)C1(CC)CC1. The number of aromatic nitrogens is 1. The Labute approximate surface area is 349 Å². The van der Waals surface area contributed by atoms with Crippen LogP contribution in [0.15, 0.2) is 67.3 Å². The number of fused-ring (bicyclic) bond motifs is 1. The molecule has 4 amide bonds. The van der Waals surface area contributed by atoms with E-state index >= 15 is 0 Å². The van der Waals surface area contributed by atoms with E-state index in [1.165, 1.54) is 4.90 Å². The first-order valence-electron chi connectivity index (χ1n) is 20.8. The molecule has 2 aliphatic heterocycles. The first kappa shape index (κ1) is 42.3. The van der Waals surface area contributed by atoms with Gasteiger partial charge in [-0.1, -0.05) is 64.1 Å². The zero-order valence-corrected chi connectivity index (χ0v) is 35.6.